The van der Waals surface area contributed by atoms with Gasteiger partial charge in [0.25, 0.3) is 0 Å². The van der Waals surface area contributed by atoms with Crippen molar-refractivity contribution in [3.8, 4) is 6.07 Å². The molecule has 3 heteroatoms. The molecule has 0 atom stereocenters. The predicted molar refractivity (Wildman–Crippen MR) is 73.0 cm³/mol. The van der Waals surface area contributed by atoms with Gasteiger partial charge in [0.15, 0.2) is 0 Å². The molecule has 0 aliphatic rings. The molecule has 0 saturated heterocycles. The van der Waals surface area contributed by atoms with Gasteiger partial charge in [-0.1, -0.05) is 30.3 Å². The molecule has 0 bridgehead atoms. The Hall–Kier alpha value is -2.18. The summed E-state index contributed by atoms with van der Waals surface area (Å²) < 4.78 is 13.2. The summed E-state index contributed by atoms with van der Waals surface area (Å²) in [4.78, 5) is 0. The highest BCUT2D eigenvalue weighted by molar-refractivity contribution is 5.33. The Labute approximate surface area is 112 Å². The zero-order chi connectivity index (χ0) is 13.5. The Morgan fingerprint density at radius 1 is 1.05 bits per heavy atom. The molecule has 0 saturated carbocycles. The summed E-state index contributed by atoms with van der Waals surface area (Å²) in [6.45, 7) is 1.39. The molecule has 0 aliphatic heterocycles. The van der Waals surface area contributed by atoms with E-state index in [0.717, 1.165) is 18.5 Å². The fraction of sp³-hybridized carbons (Fsp3) is 0.188. The van der Waals surface area contributed by atoms with Gasteiger partial charge in [0, 0.05) is 6.54 Å². The Bertz CT molecular complexity index is 573. The van der Waals surface area contributed by atoms with Gasteiger partial charge in [0.1, 0.15) is 5.82 Å². The Morgan fingerprint density at radius 3 is 2.58 bits per heavy atom. The zero-order valence-electron chi connectivity index (χ0n) is 10.6. The molecule has 0 aliphatic carbocycles. The molecule has 96 valence electrons. The van der Waals surface area contributed by atoms with Gasteiger partial charge in [0.05, 0.1) is 11.6 Å². The van der Waals surface area contributed by atoms with E-state index >= 15 is 0 Å². The molecule has 2 aromatic rings. The quantitative estimate of drug-likeness (QED) is 0.832. The fourth-order valence-corrected chi connectivity index (χ4v) is 1.93. The zero-order valence-corrected chi connectivity index (χ0v) is 10.6. The third kappa shape index (κ3) is 4.20. The lowest BCUT2D eigenvalue weighted by Gasteiger charge is -2.06. The van der Waals surface area contributed by atoms with Crippen molar-refractivity contribution in [3.63, 3.8) is 0 Å². The van der Waals surface area contributed by atoms with Crippen LogP contribution >= 0.6 is 0 Å². The minimum Gasteiger partial charge on any atom is -0.312 e. The van der Waals surface area contributed by atoms with Gasteiger partial charge in [-0.05, 0) is 42.3 Å². The molecular weight excluding hydrogens is 239 g/mol. The van der Waals surface area contributed by atoms with Gasteiger partial charge in [0.2, 0.25) is 0 Å². The van der Waals surface area contributed by atoms with E-state index in [1.165, 1.54) is 17.7 Å². The lowest BCUT2D eigenvalue weighted by Crippen LogP contribution is -2.16. The number of hydrogen-bond acceptors (Lipinski definition) is 2. The Morgan fingerprint density at radius 2 is 1.84 bits per heavy atom. The number of hydrogen-bond donors (Lipinski definition) is 1. The number of halogens is 1. The van der Waals surface area contributed by atoms with Crippen LogP contribution in [0.2, 0.25) is 0 Å². The van der Waals surface area contributed by atoms with Crippen molar-refractivity contribution < 1.29 is 4.39 Å². The molecule has 0 unspecified atom stereocenters. The van der Waals surface area contributed by atoms with Crippen LogP contribution in [0.4, 0.5) is 4.39 Å². The second kappa shape index (κ2) is 6.67. The van der Waals surface area contributed by atoms with Gasteiger partial charge in [-0.15, -0.1) is 0 Å². The van der Waals surface area contributed by atoms with E-state index in [-0.39, 0.29) is 5.82 Å². The molecular formula is C16H15FN2. The van der Waals surface area contributed by atoms with Crippen LogP contribution in [0.3, 0.4) is 0 Å². The maximum absolute atomic E-state index is 13.2. The second-order valence-corrected chi connectivity index (χ2v) is 4.37. The maximum atomic E-state index is 13.2. The largest absolute Gasteiger partial charge is 0.312 e. The Kier molecular flexibility index (Phi) is 4.66. The fourth-order valence-electron chi connectivity index (χ4n) is 1.93. The van der Waals surface area contributed by atoms with Crippen LogP contribution in [0.25, 0.3) is 0 Å². The minimum atomic E-state index is -0.362. The molecule has 0 radical (unpaired) electrons. The first-order chi connectivity index (χ1) is 9.28. The summed E-state index contributed by atoms with van der Waals surface area (Å²) in [6, 6.07) is 16.5. The van der Waals surface area contributed by atoms with Crippen molar-refractivity contribution >= 4 is 0 Å². The van der Waals surface area contributed by atoms with Crippen LogP contribution in [0.5, 0.6) is 0 Å². The molecule has 0 fully saturated rings. The van der Waals surface area contributed by atoms with Crippen molar-refractivity contribution in [1.29, 1.82) is 5.26 Å². The number of nitriles is 1. The van der Waals surface area contributed by atoms with Gasteiger partial charge < -0.3 is 5.32 Å². The summed E-state index contributed by atoms with van der Waals surface area (Å²) in [5.41, 5.74) is 2.43. The standard InChI is InChI=1S/C16H15FN2/c17-16-9-14(11-18)8-15(10-16)12-19-7-6-13-4-2-1-3-5-13/h1-5,8-10,19H,6-7,12H2. The van der Waals surface area contributed by atoms with Gasteiger partial charge in [-0.25, -0.2) is 4.39 Å². The van der Waals surface area contributed by atoms with Crippen LogP contribution < -0.4 is 5.32 Å². The third-order valence-electron chi connectivity index (χ3n) is 2.85. The predicted octanol–water partition coefficient (Wildman–Crippen LogP) is 3.03. The summed E-state index contributed by atoms with van der Waals surface area (Å²) in [6.07, 6.45) is 0.932. The summed E-state index contributed by atoms with van der Waals surface area (Å²) >= 11 is 0. The lowest BCUT2D eigenvalue weighted by molar-refractivity contribution is 0.619. The highest BCUT2D eigenvalue weighted by Crippen LogP contribution is 2.08. The van der Waals surface area contributed by atoms with Crippen molar-refractivity contribution in [2.75, 3.05) is 6.54 Å². The van der Waals surface area contributed by atoms with Crippen molar-refractivity contribution in [3.05, 3.63) is 71.0 Å². The number of rotatable bonds is 5. The van der Waals surface area contributed by atoms with E-state index in [1.54, 1.807) is 6.07 Å². The maximum Gasteiger partial charge on any atom is 0.124 e. The first kappa shape index (κ1) is 13.3. The smallest absolute Gasteiger partial charge is 0.124 e. The van der Waals surface area contributed by atoms with Gasteiger partial charge in [-0.2, -0.15) is 5.26 Å². The molecule has 0 spiro atoms. The SMILES string of the molecule is N#Cc1cc(F)cc(CNCCc2ccccc2)c1. The van der Waals surface area contributed by atoms with Crippen LogP contribution in [-0.4, -0.2) is 6.54 Å². The van der Waals surface area contributed by atoms with Crippen molar-refractivity contribution in [2.45, 2.75) is 13.0 Å². The molecule has 19 heavy (non-hydrogen) atoms. The average molecular weight is 254 g/mol. The molecule has 1 N–H and O–H groups in total. The highest BCUT2D eigenvalue weighted by Gasteiger charge is 2.00. The van der Waals surface area contributed by atoms with E-state index in [2.05, 4.69) is 17.4 Å². The van der Waals surface area contributed by atoms with Crippen molar-refractivity contribution in [2.24, 2.45) is 0 Å². The van der Waals surface area contributed by atoms with Gasteiger partial charge in [-0.3, -0.25) is 0 Å². The van der Waals surface area contributed by atoms with Crippen LogP contribution in [-0.2, 0) is 13.0 Å². The third-order valence-corrected chi connectivity index (χ3v) is 2.85. The normalized spacial score (nSPS) is 10.1. The molecule has 2 nitrogen and oxygen atoms in total. The van der Waals surface area contributed by atoms with Crippen molar-refractivity contribution in [1.82, 2.24) is 5.32 Å². The van der Waals surface area contributed by atoms with Crippen LogP contribution in [0.15, 0.2) is 48.5 Å². The second-order valence-electron chi connectivity index (χ2n) is 4.37. The van der Waals surface area contributed by atoms with E-state index in [9.17, 15) is 4.39 Å². The average Bonchev–Trinajstić information content (AvgIpc) is 2.44. The number of benzene rings is 2. The van der Waals surface area contributed by atoms with Crippen LogP contribution in [0.1, 0.15) is 16.7 Å². The van der Waals surface area contributed by atoms with Crippen LogP contribution in [0, 0.1) is 17.1 Å². The first-order valence-corrected chi connectivity index (χ1v) is 6.22. The van der Waals surface area contributed by atoms with E-state index < -0.39 is 0 Å². The first-order valence-electron chi connectivity index (χ1n) is 6.22. The van der Waals surface area contributed by atoms with E-state index in [1.807, 2.05) is 24.3 Å². The highest BCUT2D eigenvalue weighted by atomic mass is 19.1. The number of nitrogens with one attached hydrogen (secondary N) is 1. The van der Waals surface area contributed by atoms with E-state index in [0.29, 0.717) is 12.1 Å². The molecule has 0 amide bonds. The summed E-state index contributed by atoms with van der Waals surface area (Å²) in [7, 11) is 0. The molecule has 0 heterocycles. The summed E-state index contributed by atoms with van der Waals surface area (Å²) in [5.74, 6) is -0.362. The minimum absolute atomic E-state index is 0.361. The number of nitrogens with zero attached hydrogens (tertiary/aromatic N) is 1. The molecule has 2 aromatic carbocycles. The summed E-state index contributed by atoms with van der Waals surface area (Å²) in [5, 5.41) is 12.0. The molecule has 0 aromatic heterocycles. The monoisotopic (exact) mass is 254 g/mol. The molecule has 2 rings (SSSR count). The Balaban J connectivity index is 1.83. The topological polar surface area (TPSA) is 35.8 Å². The van der Waals surface area contributed by atoms with Gasteiger partial charge >= 0.3 is 0 Å². The lowest BCUT2D eigenvalue weighted by atomic mass is 10.1. The van der Waals surface area contributed by atoms with E-state index in [4.69, 9.17) is 5.26 Å².